The van der Waals surface area contributed by atoms with Crippen molar-refractivity contribution in [2.45, 2.75) is 25.8 Å². The Balaban J connectivity index is 1.76. The highest BCUT2D eigenvalue weighted by molar-refractivity contribution is 5.95. The average molecular weight is 349 g/mol. The number of aryl methyl sites for hydroxylation is 2. The van der Waals surface area contributed by atoms with Crippen molar-refractivity contribution < 1.29 is 14.3 Å². The largest absolute Gasteiger partial charge is 0.381 e. The zero-order chi connectivity index (χ0) is 18.0. The number of amides is 2. The van der Waals surface area contributed by atoms with Gasteiger partial charge in [0, 0.05) is 58.7 Å². The first-order valence-corrected chi connectivity index (χ1v) is 8.86. The van der Waals surface area contributed by atoms with Crippen molar-refractivity contribution in [1.82, 2.24) is 19.6 Å². The maximum absolute atomic E-state index is 12.9. The summed E-state index contributed by atoms with van der Waals surface area (Å²) < 4.78 is 7.08. The van der Waals surface area contributed by atoms with Gasteiger partial charge >= 0.3 is 0 Å². The fourth-order valence-corrected chi connectivity index (χ4v) is 3.76. The molecule has 1 aromatic heterocycles. The number of carbonyl (C=O) groups is 2. The van der Waals surface area contributed by atoms with Crippen LogP contribution in [0.25, 0.3) is 0 Å². The van der Waals surface area contributed by atoms with Gasteiger partial charge in [-0.15, -0.1) is 0 Å². The lowest BCUT2D eigenvalue weighted by Gasteiger charge is -2.34. The van der Waals surface area contributed by atoms with E-state index in [4.69, 9.17) is 10.5 Å². The van der Waals surface area contributed by atoms with E-state index in [1.165, 1.54) is 0 Å². The number of rotatable bonds is 3. The number of nitrogens with two attached hydrogens (primary N) is 1. The molecule has 1 aromatic rings. The Morgan fingerprint density at radius 2 is 1.96 bits per heavy atom. The topological polar surface area (TPSA) is 93.7 Å². The third-order valence-corrected chi connectivity index (χ3v) is 5.19. The Labute approximate surface area is 147 Å². The summed E-state index contributed by atoms with van der Waals surface area (Å²) in [4.78, 5) is 28.9. The number of nitrogens with zero attached hydrogens (tertiary/aromatic N) is 4. The van der Waals surface area contributed by atoms with Gasteiger partial charge in [-0.2, -0.15) is 5.10 Å². The van der Waals surface area contributed by atoms with Crippen molar-refractivity contribution in [3.63, 3.8) is 0 Å². The van der Waals surface area contributed by atoms with Crippen molar-refractivity contribution in [3.05, 3.63) is 17.5 Å². The molecule has 2 saturated heterocycles. The van der Waals surface area contributed by atoms with E-state index >= 15 is 0 Å². The fourth-order valence-electron chi connectivity index (χ4n) is 3.76. The van der Waals surface area contributed by atoms with E-state index < -0.39 is 0 Å². The third kappa shape index (κ3) is 4.01. The number of primary amides is 1. The number of ether oxygens (including phenoxy) is 1. The minimum absolute atomic E-state index is 0.0781. The molecule has 0 aliphatic carbocycles. The molecule has 3 heterocycles. The maximum atomic E-state index is 12.9. The van der Waals surface area contributed by atoms with E-state index in [1.54, 1.807) is 22.8 Å². The van der Waals surface area contributed by atoms with Crippen molar-refractivity contribution in [3.8, 4) is 0 Å². The minimum Gasteiger partial charge on any atom is -0.381 e. The molecule has 3 rings (SSSR count). The maximum Gasteiger partial charge on any atom is 0.257 e. The summed E-state index contributed by atoms with van der Waals surface area (Å²) in [6.45, 7) is 5.64. The molecular weight excluding hydrogens is 322 g/mol. The Morgan fingerprint density at radius 3 is 2.56 bits per heavy atom. The van der Waals surface area contributed by atoms with Gasteiger partial charge in [-0.25, -0.2) is 0 Å². The van der Waals surface area contributed by atoms with Gasteiger partial charge in [-0.05, 0) is 19.8 Å². The van der Waals surface area contributed by atoms with Crippen LogP contribution in [0.4, 0.5) is 0 Å². The number of carbonyl (C=O) groups excluding carboxylic acids is 2. The molecule has 2 aliphatic heterocycles. The smallest absolute Gasteiger partial charge is 0.257 e. The van der Waals surface area contributed by atoms with Crippen molar-refractivity contribution in [2.24, 2.45) is 18.7 Å². The first-order chi connectivity index (χ1) is 12.0. The Morgan fingerprint density at radius 1 is 1.24 bits per heavy atom. The SMILES string of the molecule is Cc1nn(C)cc1C(=O)N1CCN(C2CCOCC2)CC(C(N)=O)C1. The van der Waals surface area contributed by atoms with Crippen LogP contribution >= 0.6 is 0 Å². The van der Waals surface area contributed by atoms with Crippen LogP contribution in [0.5, 0.6) is 0 Å². The first kappa shape index (κ1) is 17.9. The highest BCUT2D eigenvalue weighted by atomic mass is 16.5. The summed E-state index contributed by atoms with van der Waals surface area (Å²) in [6.07, 6.45) is 3.65. The van der Waals surface area contributed by atoms with Crippen LogP contribution < -0.4 is 5.73 Å². The quantitative estimate of drug-likeness (QED) is 0.813. The van der Waals surface area contributed by atoms with Crippen LogP contribution in [0, 0.1) is 12.8 Å². The second-order valence-corrected chi connectivity index (χ2v) is 6.99. The highest BCUT2D eigenvalue weighted by Crippen LogP contribution is 2.20. The van der Waals surface area contributed by atoms with Crippen LogP contribution in [0.3, 0.4) is 0 Å². The molecule has 25 heavy (non-hydrogen) atoms. The molecule has 1 unspecified atom stereocenters. The van der Waals surface area contributed by atoms with E-state index in [9.17, 15) is 9.59 Å². The number of aromatic nitrogens is 2. The minimum atomic E-state index is -0.355. The number of hydrogen-bond donors (Lipinski definition) is 1. The second kappa shape index (κ2) is 7.53. The predicted molar refractivity (Wildman–Crippen MR) is 91.9 cm³/mol. The van der Waals surface area contributed by atoms with Gasteiger partial charge in [0.15, 0.2) is 0 Å². The molecule has 8 heteroatoms. The summed E-state index contributed by atoms with van der Waals surface area (Å²) >= 11 is 0. The zero-order valence-electron chi connectivity index (χ0n) is 15.0. The summed E-state index contributed by atoms with van der Waals surface area (Å²) in [6, 6.07) is 0.394. The lowest BCUT2D eigenvalue weighted by molar-refractivity contribution is -0.122. The van der Waals surface area contributed by atoms with Gasteiger partial charge in [-0.1, -0.05) is 0 Å². The molecule has 2 fully saturated rings. The fraction of sp³-hybridized carbons (Fsp3) is 0.706. The molecule has 0 radical (unpaired) electrons. The molecule has 1 atom stereocenters. The second-order valence-electron chi connectivity index (χ2n) is 6.99. The molecule has 2 amide bonds. The molecule has 0 spiro atoms. The van der Waals surface area contributed by atoms with Crippen LogP contribution in [-0.4, -0.2) is 76.8 Å². The van der Waals surface area contributed by atoms with E-state index in [1.807, 2.05) is 6.92 Å². The molecule has 138 valence electrons. The molecule has 2 N–H and O–H groups in total. The highest BCUT2D eigenvalue weighted by Gasteiger charge is 2.33. The average Bonchev–Trinajstić information content (AvgIpc) is 2.81. The Hall–Kier alpha value is -1.93. The van der Waals surface area contributed by atoms with Gasteiger partial charge < -0.3 is 15.4 Å². The van der Waals surface area contributed by atoms with Crippen LogP contribution in [0.15, 0.2) is 6.20 Å². The van der Waals surface area contributed by atoms with E-state index in [2.05, 4.69) is 10.00 Å². The molecule has 0 bridgehead atoms. The van der Waals surface area contributed by atoms with Gasteiger partial charge in [0.25, 0.3) is 5.91 Å². The van der Waals surface area contributed by atoms with Crippen LogP contribution in [0.2, 0.25) is 0 Å². The van der Waals surface area contributed by atoms with Gasteiger partial charge in [-0.3, -0.25) is 19.2 Å². The van der Waals surface area contributed by atoms with E-state index in [0.29, 0.717) is 36.9 Å². The van der Waals surface area contributed by atoms with Crippen molar-refractivity contribution in [2.75, 3.05) is 39.4 Å². The number of hydrogen-bond acceptors (Lipinski definition) is 5. The van der Waals surface area contributed by atoms with Gasteiger partial charge in [0.05, 0.1) is 17.2 Å². The van der Waals surface area contributed by atoms with E-state index in [-0.39, 0.29) is 17.7 Å². The monoisotopic (exact) mass is 349 g/mol. The molecule has 0 aromatic carbocycles. The standard InChI is InChI=1S/C17H27N5O3/c1-12-15(11-20(2)19-12)17(24)22-6-5-21(9-13(10-22)16(18)23)14-3-7-25-8-4-14/h11,13-14H,3-10H2,1-2H3,(H2,18,23). The Bertz CT molecular complexity index is 638. The summed E-state index contributed by atoms with van der Waals surface area (Å²) in [5.41, 5.74) is 6.91. The molecule has 2 aliphatic rings. The van der Waals surface area contributed by atoms with Gasteiger partial charge in [0.2, 0.25) is 5.91 Å². The van der Waals surface area contributed by atoms with Gasteiger partial charge in [0.1, 0.15) is 0 Å². The van der Waals surface area contributed by atoms with Crippen molar-refractivity contribution >= 4 is 11.8 Å². The van der Waals surface area contributed by atoms with Crippen molar-refractivity contribution in [1.29, 1.82) is 0 Å². The first-order valence-electron chi connectivity index (χ1n) is 8.86. The Kier molecular flexibility index (Phi) is 5.39. The van der Waals surface area contributed by atoms with Crippen LogP contribution in [-0.2, 0) is 16.6 Å². The molecular formula is C17H27N5O3. The predicted octanol–water partition coefficient (Wildman–Crippen LogP) is -0.233. The zero-order valence-corrected chi connectivity index (χ0v) is 15.0. The molecule has 8 nitrogen and oxygen atoms in total. The normalized spacial score (nSPS) is 23.4. The van der Waals surface area contributed by atoms with E-state index in [0.717, 1.165) is 32.6 Å². The molecule has 0 saturated carbocycles. The van der Waals surface area contributed by atoms with Crippen LogP contribution in [0.1, 0.15) is 28.9 Å². The summed E-state index contributed by atoms with van der Waals surface area (Å²) in [5, 5.41) is 4.25. The lowest BCUT2D eigenvalue weighted by Crippen LogP contribution is -2.44. The lowest BCUT2D eigenvalue weighted by atomic mass is 10.0. The summed E-state index contributed by atoms with van der Waals surface area (Å²) in [5.74, 6) is -0.781. The third-order valence-electron chi connectivity index (χ3n) is 5.19. The summed E-state index contributed by atoms with van der Waals surface area (Å²) in [7, 11) is 1.80.